The molecule has 2 aromatic rings. The highest BCUT2D eigenvalue weighted by Gasteiger charge is 2.68. The molecule has 0 unspecified atom stereocenters. The minimum Gasteiger partial charge on any atom is -0.497 e. The topological polar surface area (TPSA) is 181 Å². The Morgan fingerprint density at radius 3 is 2.56 bits per heavy atom. The monoisotopic (exact) mass is 687 g/mol. The van der Waals surface area contributed by atoms with Crippen LogP contribution in [0.1, 0.15) is 65.7 Å². The molecule has 5 atom stereocenters. The zero-order valence-corrected chi connectivity index (χ0v) is 28.2. The second kappa shape index (κ2) is 14.2. The first-order valence-corrected chi connectivity index (χ1v) is 16.5. The molecule has 3 amide bonds. The van der Waals surface area contributed by atoms with E-state index in [0.717, 1.165) is 12.8 Å². The average molecular weight is 688 g/mol. The molecule has 260 valence electrons. The van der Waals surface area contributed by atoms with Gasteiger partial charge in [-0.15, -0.1) is 0 Å². The minimum atomic E-state index is -1.97. The first kappa shape index (κ1) is 35.3. The summed E-state index contributed by atoms with van der Waals surface area (Å²) in [4.78, 5) is 64.4. The normalized spacial score (nSPS) is 26.8. The number of carbonyl (C=O) groups is 4. The number of fused-ring (bicyclic) bond motifs is 3. The number of carbonyl (C=O) groups excluding carboxylic acids is 2. The molecule has 0 radical (unpaired) electrons. The number of ether oxygens (including phenoxy) is 3. The number of amides is 3. The molecule has 2 fully saturated rings. The second-order valence-corrected chi connectivity index (χ2v) is 13.7. The van der Waals surface area contributed by atoms with Crippen molar-refractivity contribution in [2.24, 2.45) is 5.92 Å². The van der Waals surface area contributed by atoms with Crippen molar-refractivity contribution in [3.8, 4) is 11.6 Å². The summed E-state index contributed by atoms with van der Waals surface area (Å²) in [6, 6.07) is 2.95. The van der Waals surface area contributed by atoms with Crippen molar-refractivity contribution in [1.82, 2.24) is 25.1 Å². The number of rotatable bonds is 7. The first-order chi connectivity index (χ1) is 22.7. The number of halogens is 1. The summed E-state index contributed by atoms with van der Waals surface area (Å²) in [7, 11) is 1.52. The SMILES string of the molecule is COc1ccc2nc(Cl)c(O[C@@H]3C[C@H]4C(=O)N(C(=O)O)[C@]5(C(=O)O)C[C@H]5C=CCCCCC[C@H](NCOC(C)(C)C)C(=O)N4C3)nc2c1. The van der Waals surface area contributed by atoms with Crippen LogP contribution < -0.4 is 14.8 Å². The maximum Gasteiger partial charge on any atom is 0.415 e. The molecule has 48 heavy (non-hydrogen) atoms. The number of aromatic nitrogens is 2. The van der Waals surface area contributed by atoms with Crippen LogP contribution in [0.3, 0.4) is 0 Å². The molecule has 15 heteroatoms. The highest BCUT2D eigenvalue weighted by Crippen LogP contribution is 2.51. The molecule has 14 nitrogen and oxygen atoms in total. The smallest absolute Gasteiger partial charge is 0.415 e. The highest BCUT2D eigenvalue weighted by atomic mass is 35.5. The largest absolute Gasteiger partial charge is 0.497 e. The van der Waals surface area contributed by atoms with Crippen LogP contribution in [0.15, 0.2) is 30.4 Å². The average Bonchev–Trinajstić information content (AvgIpc) is 3.58. The number of carboxylic acid groups (broad SMARTS) is 2. The Kier molecular flexibility index (Phi) is 10.5. The van der Waals surface area contributed by atoms with E-state index in [0.29, 0.717) is 40.9 Å². The number of hydrogen-bond donors (Lipinski definition) is 3. The van der Waals surface area contributed by atoms with Crippen LogP contribution in [0.2, 0.25) is 5.15 Å². The van der Waals surface area contributed by atoms with Crippen molar-refractivity contribution in [1.29, 1.82) is 0 Å². The number of aliphatic carboxylic acids is 1. The summed E-state index contributed by atoms with van der Waals surface area (Å²) in [5, 5.41) is 23.7. The van der Waals surface area contributed by atoms with Gasteiger partial charge in [0.1, 0.15) is 17.9 Å². The van der Waals surface area contributed by atoms with Gasteiger partial charge in [-0.3, -0.25) is 14.9 Å². The molecule has 0 bridgehead atoms. The maximum atomic E-state index is 14.3. The third-order valence-corrected chi connectivity index (χ3v) is 9.19. The molecule has 5 rings (SSSR count). The third-order valence-electron chi connectivity index (χ3n) is 8.94. The molecule has 1 saturated heterocycles. The molecule has 1 aromatic carbocycles. The van der Waals surface area contributed by atoms with E-state index < -0.39 is 59.1 Å². The lowest BCUT2D eigenvalue weighted by atomic mass is 10.0. The molecule has 2 aliphatic heterocycles. The van der Waals surface area contributed by atoms with E-state index in [2.05, 4.69) is 15.3 Å². The summed E-state index contributed by atoms with van der Waals surface area (Å²) in [5.41, 5.74) is -1.53. The summed E-state index contributed by atoms with van der Waals surface area (Å²) >= 11 is 6.44. The number of benzene rings is 1. The Hall–Kier alpha value is -4.01. The van der Waals surface area contributed by atoms with Gasteiger partial charge in [-0.2, -0.15) is 0 Å². The molecule has 3 N–H and O–H groups in total. The Morgan fingerprint density at radius 1 is 1.10 bits per heavy atom. The van der Waals surface area contributed by atoms with E-state index >= 15 is 0 Å². The number of nitrogens with zero attached hydrogens (tertiary/aromatic N) is 4. The molecule has 1 aromatic heterocycles. The molecule has 3 aliphatic rings. The van der Waals surface area contributed by atoms with Crippen molar-refractivity contribution in [3.63, 3.8) is 0 Å². The molecule has 1 saturated carbocycles. The fraction of sp³-hybridized carbons (Fsp3) is 0.576. The van der Waals surface area contributed by atoms with Gasteiger partial charge >= 0.3 is 12.1 Å². The minimum absolute atomic E-state index is 0.0391. The Morgan fingerprint density at radius 2 is 1.88 bits per heavy atom. The predicted molar refractivity (Wildman–Crippen MR) is 174 cm³/mol. The zero-order chi connectivity index (χ0) is 34.8. The van der Waals surface area contributed by atoms with Crippen LogP contribution >= 0.6 is 11.6 Å². The maximum absolute atomic E-state index is 14.3. The van der Waals surface area contributed by atoms with Crippen molar-refractivity contribution in [2.75, 3.05) is 20.4 Å². The van der Waals surface area contributed by atoms with Crippen molar-refractivity contribution >= 4 is 46.5 Å². The Labute approximate surface area is 283 Å². The molecule has 3 heterocycles. The number of methoxy groups -OCH3 is 1. The molecular weight excluding hydrogens is 646 g/mol. The third kappa shape index (κ3) is 7.50. The van der Waals surface area contributed by atoms with Crippen LogP contribution in [0.5, 0.6) is 11.6 Å². The number of hydrogen-bond acceptors (Lipinski definition) is 10. The summed E-state index contributed by atoms with van der Waals surface area (Å²) < 4.78 is 17.3. The highest BCUT2D eigenvalue weighted by molar-refractivity contribution is 6.31. The van der Waals surface area contributed by atoms with Crippen LogP contribution in [0.4, 0.5) is 4.79 Å². The van der Waals surface area contributed by atoms with E-state index in [1.54, 1.807) is 24.3 Å². The summed E-state index contributed by atoms with van der Waals surface area (Å²) in [5.74, 6) is -3.08. The number of nitrogens with one attached hydrogen (secondary N) is 1. The van der Waals surface area contributed by atoms with E-state index in [9.17, 15) is 29.4 Å². The molecule has 1 aliphatic carbocycles. The van der Waals surface area contributed by atoms with Crippen molar-refractivity contribution < 1.29 is 43.6 Å². The van der Waals surface area contributed by atoms with Gasteiger partial charge in [-0.1, -0.05) is 36.6 Å². The van der Waals surface area contributed by atoms with Crippen LogP contribution in [-0.4, -0.2) is 104 Å². The summed E-state index contributed by atoms with van der Waals surface area (Å²) in [6.45, 7) is 5.61. The van der Waals surface area contributed by atoms with E-state index in [-0.39, 0.29) is 37.2 Å². The van der Waals surface area contributed by atoms with E-state index in [4.69, 9.17) is 25.8 Å². The first-order valence-electron chi connectivity index (χ1n) is 16.1. The van der Waals surface area contributed by atoms with Crippen LogP contribution in [0, 0.1) is 5.92 Å². The van der Waals surface area contributed by atoms with E-state index in [1.165, 1.54) is 12.0 Å². The summed E-state index contributed by atoms with van der Waals surface area (Å²) in [6.07, 6.45) is 4.18. The standard InChI is InChI=1S/C33H42ClN5O9/c1-32(2,3)47-18-35-23-11-9-7-5-6-8-10-19-16-33(19,30(42)43)39(31(44)45)29(41)25-15-21(17-38(25)28(23)40)48-27-26(34)36-22-13-12-20(46-4)14-24(22)37-27/h8,10,12-14,19,21,23,25,35H,5-7,9,11,15-18H2,1-4H3,(H,42,43)(H,44,45)/t19-,21-,23+,25+,33-/m1/s1. The van der Waals surface area contributed by atoms with E-state index in [1.807, 2.05) is 26.8 Å². The van der Waals surface area contributed by atoms with Gasteiger partial charge in [0.05, 0.1) is 43.1 Å². The molecule has 0 spiro atoms. The molecular formula is C33H42ClN5O9. The van der Waals surface area contributed by atoms with Gasteiger partial charge in [-0.25, -0.2) is 24.5 Å². The fourth-order valence-electron chi connectivity index (χ4n) is 6.35. The number of allylic oxidation sites excluding steroid dienone is 1. The van der Waals surface area contributed by atoms with Crippen molar-refractivity contribution in [3.05, 3.63) is 35.5 Å². The second-order valence-electron chi connectivity index (χ2n) is 13.4. The van der Waals surface area contributed by atoms with Gasteiger partial charge in [0.2, 0.25) is 5.91 Å². The number of imide groups is 1. The fourth-order valence-corrected chi connectivity index (χ4v) is 6.53. The van der Waals surface area contributed by atoms with Gasteiger partial charge < -0.3 is 29.3 Å². The lowest BCUT2D eigenvalue weighted by Crippen LogP contribution is -2.59. The zero-order valence-electron chi connectivity index (χ0n) is 27.5. The van der Waals surface area contributed by atoms with Gasteiger partial charge in [-0.05, 0) is 58.6 Å². The van der Waals surface area contributed by atoms with Crippen LogP contribution in [0.25, 0.3) is 11.0 Å². The number of carboxylic acids is 1. The van der Waals surface area contributed by atoms with Crippen molar-refractivity contribution in [2.45, 2.75) is 95.0 Å². The van der Waals surface area contributed by atoms with Gasteiger partial charge in [0.15, 0.2) is 10.7 Å². The lowest BCUT2D eigenvalue weighted by Gasteiger charge is -2.33. The lowest BCUT2D eigenvalue weighted by molar-refractivity contribution is -0.154. The Bertz CT molecular complexity index is 1600. The van der Waals surface area contributed by atoms with Crippen LogP contribution in [-0.2, 0) is 19.1 Å². The van der Waals surface area contributed by atoms with Gasteiger partial charge in [0.25, 0.3) is 11.8 Å². The predicted octanol–water partition coefficient (Wildman–Crippen LogP) is 4.24. The quantitative estimate of drug-likeness (QED) is 0.279. The van der Waals surface area contributed by atoms with Gasteiger partial charge in [0, 0.05) is 18.4 Å². The Balaban J connectivity index is 1.50.